The summed E-state index contributed by atoms with van der Waals surface area (Å²) >= 11 is 1.86. The Morgan fingerprint density at radius 3 is 1.62 bits per heavy atom. The number of hydrogen-bond acceptors (Lipinski definition) is 2. The highest BCUT2D eigenvalue weighted by atomic mass is 32.1. The zero-order valence-corrected chi connectivity index (χ0v) is 32.5. The van der Waals surface area contributed by atoms with Gasteiger partial charge in [0.05, 0.1) is 11.4 Å². The molecule has 11 rings (SSSR count). The number of thiophene rings is 1. The second kappa shape index (κ2) is 14.4. The van der Waals surface area contributed by atoms with E-state index in [0.29, 0.717) is 0 Å². The van der Waals surface area contributed by atoms with Gasteiger partial charge in [-0.1, -0.05) is 176 Å². The van der Waals surface area contributed by atoms with Crippen LogP contribution in [0.2, 0.25) is 0 Å². The maximum absolute atomic E-state index is 2.47. The topological polar surface area (TPSA) is 3.24 Å². The maximum Gasteiger partial charge on any atom is 0.0546 e. The molecule has 0 saturated carbocycles. The quantitative estimate of drug-likeness (QED) is 0.146. The molecular formula is C56H37NS. The first-order chi connectivity index (χ1) is 28.8. The Labute approximate surface area is 342 Å². The first kappa shape index (κ1) is 34.0. The summed E-state index contributed by atoms with van der Waals surface area (Å²) in [6.45, 7) is 0. The van der Waals surface area contributed by atoms with Crippen molar-refractivity contribution < 1.29 is 0 Å². The molecule has 11 aromatic rings. The lowest BCUT2D eigenvalue weighted by Crippen LogP contribution is -2.12. The zero-order valence-electron chi connectivity index (χ0n) is 31.7. The molecule has 0 saturated heterocycles. The number of fused-ring (bicyclic) bond motifs is 6. The van der Waals surface area contributed by atoms with E-state index >= 15 is 0 Å². The fraction of sp³-hybridized carbons (Fsp3) is 0. The second-order valence-electron chi connectivity index (χ2n) is 14.9. The van der Waals surface area contributed by atoms with Crippen molar-refractivity contribution in [3.05, 3.63) is 224 Å². The monoisotopic (exact) mass is 755 g/mol. The second-order valence-corrected chi connectivity index (χ2v) is 15.9. The van der Waals surface area contributed by atoms with Gasteiger partial charge in [0.15, 0.2) is 0 Å². The molecule has 0 amide bonds. The summed E-state index contributed by atoms with van der Waals surface area (Å²) in [6.07, 6.45) is 0. The van der Waals surface area contributed by atoms with Crippen molar-refractivity contribution in [1.29, 1.82) is 0 Å². The third-order valence-corrected chi connectivity index (χ3v) is 12.6. The standard InChI is InChI=1S/C56H37NS/c1-3-15-39(16-4-1)46-21-11-13-25-53(46)57(44-31-27-38(28-32-44)41-30-34-56-52(35-41)50-24-12-14-26-55(50)58-56)54-37-43(29-33-47(54)40-17-5-2-6-18-40)51-36-42-19-7-8-20-45(42)48-22-9-10-23-49(48)51/h1-37H. The lowest BCUT2D eigenvalue weighted by molar-refractivity contribution is 1.28. The van der Waals surface area contributed by atoms with Gasteiger partial charge in [0, 0.05) is 37.0 Å². The molecular weight excluding hydrogens is 719 g/mol. The average Bonchev–Trinajstić information content (AvgIpc) is 3.68. The van der Waals surface area contributed by atoms with E-state index in [4.69, 9.17) is 0 Å². The van der Waals surface area contributed by atoms with Crippen molar-refractivity contribution >= 4 is 70.1 Å². The summed E-state index contributed by atoms with van der Waals surface area (Å²) in [5.74, 6) is 0. The molecule has 0 atom stereocenters. The molecule has 0 aliphatic rings. The van der Waals surface area contributed by atoms with Crippen LogP contribution in [0.5, 0.6) is 0 Å². The van der Waals surface area contributed by atoms with E-state index in [1.165, 1.54) is 80.7 Å². The van der Waals surface area contributed by atoms with Gasteiger partial charge >= 0.3 is 0 Å². The van der Waals surface area contributed by atoms with Crippen LogP contribution in [0.15, 0.2) is 224 Å². The highest BCUT2D eigenvalue weighted by Gasteiger charge is 2.22. The van der Waals surface area contributed by atoms with Crippen LogP contribution in [0, 0.1) is 0 Å². The molecule has 0 aliphatic carbocycles. The van der Waals surface area contributed by atoms with Gasteiger partial charge in [-0.05, 0) is 103 Å². The normalized spacial score (nSPS) is 11.4. The SMILES string of the molecule is c1ccc(-c2ccccc2N(c2ccc(-c3ccc4sc5ccccc5c4c3)cc2)c2cc(-c3cc4ccccc4c4ccccc34)ccc2-c2ccccc2)cc1. The third kappa shape index (κ3) is 5.94. The molecule has 0 bridgehead atoms. The number of nitrogens with zero attached hydrogens (tertiary/aromatic N) is 1. The molecule has 58 heavy (non-hydrogen) atoms. The fourth-order valence-corrected chi connectivity index (χ4v) is 9.77. The van der Waals surface area contributed by atoms with Crippen molar-refractivity contribution in [2.24, 2.45) is 0 Å². The summed E-state index contributed by atoms with van der Waals surface area (Å²) in [4.78, 5) is 2.47. The Kier molecular flexibility index (Phi) is 8.42. The van der Waals surface area contributed by atoms with Gasteiger partial charge in [-0.2, -0.15) is 0 Å². The lowest BCUT2D eigenvalue weighted by Gasteiger charge is -2.30. The highest BCUT2D eigenvalue weighted by molar-refractivity contribution is 7.25. The molecule has 1 heterocycles. The molecule has 0 aliphatic heterocycles. The summed E-state index contributed by atoms with van der Waals surface area (Å²) < 4.78 is 2.64. The van der Waals surface area contributed by atoms with Crippen LogP contribution in [-0.2, 0) is 0 Å². The van der Waals surface area contributed by atoms with Crippen LogP contribution in [-0.4, -0.2) is 0 Å². The molecule has 0 N–H and O–H groups in total. The fourth-order valence-electron chi connectivity index (χ4n) is 8.69. The van der Waals surface area contributed by atoms with E-state index < -0.39 is 0 Å². The Morgan fingerprint density at radius 2 is 0.845 bits per heavy atom. The summed E-state index contributed by atoms with van der Waals surface area (Å²) in [5, 5.41) is 7.65. The van der Waals surface area contributed by atoms with E-state index in [1.54, 1.807) is 0 Å². The van der Waals surface area contributed by atoms with Crippen LogP contribution in [0.1, 0.15) is 0 Å². The van der Waals surface area contributed by atoms with Crippen molar-refractivity contribution in [3.63, 3.8) is 0 Å². The van der Waals surface area contributed by atoms with Crippen LogP contribution in [0.4, 0.5) is 17.1 Å². The Hall–Kier alpha value is -7.26. The van der Waals surface area contributed by atoms with Gasteiger partial charge in [0.2, 0.25) is 0 Å². The molecule has 1 nitrogen and oxygen atoms in total. The molecule has 272 valence electrons. The Bertz CT molecular complexity index is 3270. The van der Waals surface area contributed by atoms with E-state index in [-0.39, 0.29) is 0 Å². The Morgan fingerprint density at radius 1 is 0.276 bits per heavy atom. The molecule has 10 aromatic carbocycles. The van der Waals surface area contributed by atoms with Crippen molar-refractivity contribution in [2.45, 2.75) is 0 Å². The van der Waals surface area contributed by atoms with Gasteiger partial charge in [-0.25, -0.2) is 0 Å². The molecule has 0 radical (unpaired) electrons. The predicted octanol–water partition coefficient (Wildman–Crippen LogP) is 16.5. The minimum Gasteiger partial charge on any atom is -0.309 e. The van der Waals surface area contributed by atoms with Gasteiger partial charge in [-0.15, -0.1) is 11.3 Å². The summed E-state index contributed by atoms with van der Waals surface area (Å²) in [7, 11) is 0. The average molecular weight is 756 g/mol. The number of para-hydroxylation sites is 1. The number of hydrogen-bond donors (Lipinski definition) is 0. The summed E-state index contributed by atoms with van der Waals surface area (Å²) in [5.41, 5.74) is 12.8. The minimum atomic E-state index is 1.09. The van der Waals surface area contributed by atoms with E-state index in [9.17, 15) is 0 Å². The van der Waals surface area contributed by atoms with Gasteiger partial charge in [0.25, 0.3) is 0 Å². The maximum atomic E-state index is 2.47. The van der Waals surface area contributed by atoms with Crippen molar-refractivity contribution in [3.8, 4) is 44.5 Å². The molecule has 1 aromatic heterocycles. The number of anilines is 3. The van der Waals surface area contributed by atoms with Crippen molar-refractivity contribution in [1.82, 2.24) is 0 Å². The number of benzene rings is 10. The van der Waals surface area contributed by atoms with Crippen LogP contribution in [0.25, 0.3) is 86.2 Å². The van der Waals surface area contributed by atoms with Crippen LogP contribution < -0.4 is 4.90 Å². The van der Waals surface area contributed by atoms with E-state index in [1.807, 2.05) is 11.3 Å². The minimum absolute atomic E-state index is 1.09. The third-order valence-electron chi connectivity index (χ3n) is 11.5. The largest absolute Gasteiger partial charge is 0.309 e. The van der Waals surface area contributed by atoms with Gasteiger partial charge in [0.1, 0.15) is 0 Å². The first-order valence-corrected chi connectivity index (χ1v) is 20.7. The molecule has 0 unspecified atom stereocenters. The zero-order chi connectivity index (χ0) is 38.4. The van der Waals surface area contributed by atoms with Crippen LogP contribution in [0.3, 0.4) is 0 Å². The Balaban J connectivity index is 1.14. The lowest BCUT2D eigenvalue weighted by atomic mass is 9.91. The van der Waals surface area contributed by atoms with Crippen molar-refractivity contribution in [2.75, 3.05) is 4.90 Å². The molecule has 0 spiro atoms. The smallest absolute Gasteiger partial charge is 0.0546 e. The van der Waals surface area contributed by atoms with Crippen LogP contribution >= 0.6 is 11.3 Å². The van der Waals surface area contributed by atoms with Gasteiger partial charge in [-0.3, -0.25) is 0 Å². The molecule has 2 heteroatoms. The first-order valence-electron chi connectivity index (χ1n) is 19.8. The summed E-state index contributed by atoms with van der Waals surface area (Å²) in [6, 6.07) is 82.1. The predicted molar refractivity (Wildman–Crippen MR) is 251 cm³/mol. The molecule has 0 fully saturated rings. The van der Waals surface area contributed by atoms with E-state index in [0.717, 1.165) is 22.6 Å². The highest BCUT2D eigenvalue weighted by Crippen LogP contribution is 2.47. The number of rotatable bonds is 7. The van der Waals surface area contributed by atoms with E-state index in [2.05, 4.69) is 229 Å². The van der Waals surface area contributed by atoms with Gasteiger partial charge < -0.3 is 4.90 Å².